The summed E-state index contributed by atoms with van der Waals surface area (Å²) < 4.78 is 13.1. The smallest absolute Gasteiger partial charge is 0.227 e. The number of methoxy groups -OCH3 is 1. The summed E-state index contributed by atoms with van der Waals surface area (Å²) in [6, 6.07) is 5.10. The van der Waals surface area contributed by atoms with Crippen molar-refractivity contribution in [2.75, 3.05) is 25.6 Å². The van der Waals surface area contributed by atoms with Crippen molar-refractivity contribution in [2.24, 2.45) is 7.05 Å². The van der Waals surface area contributed by atoms with Crippen LogP contribution < -0.4 is 10.1 Å². The van der Waals surface area contributed by atoms with Gasteiger partial charge < -0.3 is 19.9 Å². The normalized spacial score (nSPS) is 13.1. The lowest BCUT2D eigenvalue weighted by atomic mass is 10.0. The van der Waals surface area contributed by atoms with Crippen LogP contribution in [-0.4, -0.2) is 45.2 Å². The summed E-state index contributed by atoms with van der Waals surface area (Å²) in [4.78, 5) is 10.2. The standard InChI is InChI=1S/C18H17N5O2S.C4H8O/c1-10-16(13-5-4-12(24)6-14(13)25-3)17-15(26-10)8-19-18(22-17)21-11-7-20-23(2)9-11;1-2-4-5-3-1/h4-9,24H,1-3H3,(H,19,21,22);1-4H2. The molecule has 1 aromatic carbocycles. The van der Waals surface area contributed by atoms with Gasteiger partial charge in [0, 0.05) is 48.5 Å². The summed E-state index contributed by atoms with van der Waals surface area (Å²) in [5, 5.41) is 17.0. The van der Waals surface area contributed by atoms with Crippen molar-refractivity contribution in [3.8, 4) is 22.6 Å². The summed E-state index contributed by atoms with van der Waals surface area (Å²) in [6.07, 6.45) is 7.95. The number of phenolic OH excluding ortho intramolecular Hbond substituents is 1. The van der Waals surface area contributed by atoms with Gasteiger partial charge in [0.05, 0.1) is 35.4 Å². The molecule has 0 atom stereocenters. The van der Waals surface area contributed by atoms with Crippen molar-refractivity contribution < 1.29 is 14.6 Å². The van der Waals surface area contributed by atoms with Gasteiger partial charge in [-0.05, 0) is 31.9 Å². The molecular formula is C22H25N5O3S. The van der Waals surface area contributed by atoms with E-state index in [2.05, 4.69) is 15.4 Å². The van der Waals surface area contributed by atoms with E-state index in [4.69, 9.17) is 14.5 Å². The number of aromatic hydroxyl groups is 1. The lowest BCUT2D eigenvalue weighted by Gasteiger charge is -2.09. The number of hydrogen-bond donors (Lipinski definition) is 2. The molecule has 1 aliphatic rings. The van der Waals surface area contributed by atoms with Crippen LogP contribution in [0.3, 0.4) is 0 Å². The first-order valence-corrected chi connectivity index (χ1v) is 10.8. The van der Waals surface area contributed by atoms with Crippen LogP contribution >= 0.6 is 11.3 Å². The van der Waals surface area contributed by atoms with Crippen LogP contribution in [0.25, 0.3) is 21.3 Å². The van der Waals surface area contributed by atoms with Gasteiger partial charge in [0.25, 0.3) is 0 Å². The second-order valence-corrected chi connectivity index (χ2v) is 8.43. The molecule has 8 nitrogen and oxygen atoms in total. The highest BCUT2D eigenvalue weighted by molar-refractivity contribution is 7.19. The molecule has 0 unspecified atom stereocenters. The zero-order valence-corrected chi connectivity index (χ0v) is 18.6. The number of benzene rings is 1. The van der Waals surface area contributed by atoms with Crippen LogP contribution in [0.1, 0.15) is 17.7 Å². The Morgan fingerprint density at radius 1 is 1.23 bits per heavy atom. The molecule has 0 aliphatic carbocycles. The SMILES string of the molecule is C1CCOC1.COc1cc(O)ccc1-c1c(C)sc2cnc(Nc3cnn(C)c3)nc12. The molecule has 3 aromatic heterocycles. The van der Waals surface area contributed by atoms with Crippen molar-refractivity contribution in [1.82, 2.24) is 19.7 Å². The molecule has 1 saturated heterocycles. The fourth-order valence-electron chi connectivity index (χ4n) is 3.40. The van der Waals surface area contributed by atoms with Crippen LogP contribution in [-0.2, 0) is 11.8 Å². The third-order valence-electron chi connectivity index (χ3n) is 4.85. The number of hydrogen-bond acceptors (Lipinski definition) is 8. The van der Waals surface area contributed by atoms with E-state index in [-0.39, 0.29) is 5.75 Å². The van der Waals surface area contributed by atoms with Crippen LogP contribution in [0.2, 0.25) is 0 Å². The van der Waals surface area contributed by atoms with Crippen molar-refractivity contribution in [3.63, 3.8) is 0 Å². The molecule has 162 valence electrons. The minimum Gasteiger partial charge on any atom is -0.508 e. The van der Waals surface area contributed by atoms with Crippen LogP contribution in [0.5, 0.6) is 11.5 Å². The van der Waals surface area contributed by atoms with Crippen molar-refractivity contribution >= 4 is 33.2 Å². The molecule has 0 spiro atoms. The van der Waals surface area contributed by atoms with Gasteiger partial charge in [0.15, 0.2) is 0 Å². The topological polar surface area (TPSA) is 94.3 Å². The average Bonchev–Trinajstić information content (AvgIpc) is 3.51. The predicted molar refractivity (Wildman–Crippen MR) is 122 cm³/mol. The van der Waals surface area contributed by atoms with Gasteiger partial charge in [-0.15, -0.1) is 11.3 Å². The molecule has 9 heteroatoms. The Bertz CT molecular complexity index is 1180. The van der Waals surface area contributed by atoms with E-state index >= 15 is 0 Å². The molecular weight excluding hydrogens is 414 g/mol. The fraction of sp³-hybridized carbons (Fsp3) is 0.318. The number of aryl methyl sites for hydroxylation is 2. The number of aromatic nitrogens is 4. The van der Waals surface area contributed by atoms with Gasteiger partial charge in [-0.2, -0.15) is 5.10 Å². The molecule has 0 saturated carbocycles. The van der Waals surface area contributed by atoms with E-state index < -0.39 is 0 Å². The summed E-state index contributed by atoms with van der Waals surface area (Å²) in [6.45, 7) is 4.04. The third-order valence-corrected chi connectivity index (χ3v) is 5.88. The molecule has 31 heavy (non-hydrogen) atoms. The van der Waals surface area contributed by atoms with E-state index in [0.29, 0.717) is 11.7 Å². The van der Waals surface area contributed by atoms with E-state index in [0.717, 1.165) is 45.1 Å². The number of phenols is 1. The van der Waals surface area contributed by atoms with Gasteiger partial charge >= 0.3 is 0 Å². The van der Waals surface area contributed by atoms with Crippen LogP contribution in [0.4, 0.5) is 11.6 Å². The lowest BCUT2D eigenvalue weighted by Crippen LogP contribution is -1.96. The zero-order chi connectivity index (χ0) is 21.8. The molecule has 2 N–H and O–H groups in total. The third kappa shape index (κ3) is 4.78. The minimum absolute atomic E-state index is 0.163. The van der Waals surface area contributed by atoms with Gasteiger partial charge in [-0.3, -0.25) is 4.68 Å². The molecule has 1 fully saturated rings. The zero-order valence-electron chi connectivity index (χ0n) is 17.8. The Labute approximate surface area is 184 Å². The highest BCUT2D eigenvalue weighted by Crippen LogP contribution is 2.42. The Morgan fingerprint density at radius 3 is 2.68 bits per heavy atom. The van der Waals surface area contributed by atoms with Crippen LogP contribution in [0.15, 0.2) is 36.8 Å². The molecule has 4 aromatic rings. The molecule has 0 bridgehead atoms. The van der Waals surface area contributed by atoms with E-state index in [1.807, 2.05) is 32.4 Å². The minimum atomic E-state index is 0.163. The highest BCUT2D eigenvalue weighted by Gasteiger charge is 2.18. The first kappa shape index (κ1) is 21.1. The molecule has 5 rings (SSSR count). The van der Waals surface area contributed by atoms with Gasteiger partial charge in [-0.1, -0.05) is 0 Å². The summed E-state index contributed by atoms with van der Waals surface area (Å²) >= 11 is 1.63. The average molecular weight is 440 g/mol. The maximum atomic E-state index is 9.74. The number of ether oxygens (including phenoxy) is 2. The Balaban J connectivity index is 0.000000407. The maximum Gasteiger partial charge on any atom is 0.227 e. The number of rotatable bonds is 4. The van der Waals surface area contributed by atoms with E-state index in [9.17, 15) is 5.11 Å². The second-order valence-electron chi connectivity index (χ2n) is 7.17. The summed E-state index contributed by atoms with van der Waals surface area (Å²) in [7, 11) is 3.44. The molecule has 0 amide bonds. The number of fused-ring (bicyclic) bond motifs is 1. The monoisotopic (exact) mass is 439 g/mol. The fourth-order valence-corrected chi connectivity index (χ4v) is 4.38. The Kier molecular flexibility index (Phi) is 6.34. The van der Waals surface area contributed by atoms with E-state index in [1.54, 1.807) is 41.5 Å². The first-order valence-electron chi connectivity index (χ1n) is 10.0. The number of anilines is 2. The Morgan fingerprint density at radius 2 is 2.03 bits per heavy atom. The largest absolute Gasteiger partial charge is 0.508 e. The van der Waals surface area contributed by atoms with Gasteiger partial charge in [0.2, 0.25) is 5.95 Å². The Hall–Kier alpha value is -3.17. The molecule has 1 aliphatic heterocycles. The molecule has 4 heterocycles. The second kappa shape index (κ2) is 9.32. The van der Waals surface area contributed by atoms with E-state index in [1.165, 1.54) is 12.8 Å². The summed E-state index contributed by atoms with van der Waals surface area (Å²) in [5.41, 5.74) is 3.54. The van der Waals surface area contributed by atoms with Crippen molar-refractivity contribution in [3.05, 3.63) is 41.7 Å². The van der Waals surface area contributed by atoms with Gasteiger partial charge in [0.1, 0.15) is 11.5 Å². The number of nitrogens with zero attached hydrogens (tertiary/aromatic N) is 4. The quantitative estimate of drug-likeness (QED) is 0.478. The van der Waals surface area contributed by atoms with Crippen LogP contribution in [0, 0.1) is 6.92 Å². The summed E-state index contributed by atoms with van der Waals surface area (Å²) in [5.74, 6) is 1.27. The number of thiophene rings is 1. The lowest BCUT2D eigenvalue weighted by molar-refractivity contribution is 0.198. The van der Waals surface area contributed by atoms with Crippen molar-refractivity contribution in [1.29, 1.82) is 0 Å². The first-order chi connectivity index (χ1) is 15.0. The number of nitrogens with one attached hydrogen (secondary N) is 1. The predicted octanol–water partition coefficient (Wildman–Crippen LogP) is 4.65. The van der Waals surface area contributed by atoms with Gasteiger partial charge in [-0.25, -0.2) is 9.97 Å². The highest BCUT2D eigenvalue weighted by atomic mass is 32.1. The maximum absolute atomic E-state index is 9.74. The molecule has 0 radical (unpaired) electrons. The van der Waals surface area contributed by atoms with Crippen molar-refractivity contribution in [2.45, 2.75) is 19.8 Å².